The maximum atomic E-state index is 11.7. The molecule has 18 heavy (non-hydrogen) atoms. The molecule has 0 amide bonds. The molecule has 1 saturated carbocycles. The third kappa shape index (κ3) is 2.76. The van der Waals surface area contributed by atoms with Gasteiger partial charge in [-0.3, -0.25) is 0 Å². The molecule has 1 aliphatic carbocycles. The zero-order valence-corrected chi connectivity index (χ0v) is 11.4. The van der Waals surface area contributed by atoms with Crippen LogP contribution in [0.2, 0.25) is 0 Å². The van der Waals surface area contributed by atoms with Crippen LogP contribution in [0, 0.1) is 5.92 Å². The summed E-state index contributed by atoms with van der Waals surface area (Å²) in [5, 5.41) is 3.29. The first-order valence-electron chi connectivity index (χ1n) is 6.03. The Morgan fingerprint density at radius 2 is 2.06 bits per heavy atom. The van der Waals surface area contributed by atoms with Crippen LogP contribution in [-0.4, -0.2) is 21.5 Å². The van der Waals surface area contributed by atoms with Gasteiger partial charge >= 0.3 is 0 Å². The minimum Gasteiger partial charge on any atom is -0.397 e. The summed E-state index contributed by atoms with van der Waals surface area (Å²) in [6.45, 7) is 2.09. The normalized spacial score (nSPS) is 17.4. The van der Waals surface area contributed by atoms with E-state index < -0.39 is 10.0 Å². The van der Waals surface area contributed by atoms with Crippen molar-refractivity contribution in [2.45, 2.75) is 30.7 Å². The van der Waals surface area contributed by atoms with Crippen LogP contribution >= 0.6 is 0 Å². The molecule has 1 unspecified atom stereocenters. The molecule has 2 rings (SSSR count). The minimum atomic E-state index is -3.42. The van der Waals surface area contributed by atoms with Crippen LogP contribution in [0.4, 0.5) is 11.4 Å². The van der Waals surface area contributed by atoms with E-state index >= 15 is 0 Å². The van der Waals surface area contributed by atoms with Crippen molar-refractivity contribution in [3.8, 4) is 0 Å². The van der Waals surface area contributed by atoms with Crippen molar-refractivity contribution in [2.75, 3.05) is 18.1 Å². The number of nitrogens with one attached hydrogen (secondary N) is 2. The Morgan fingerprint density at radius 1 is 1.39 bits per heavy atom. The van der Waals surface area contributed by atoms with E-state index in [0.29, 0.717) is 23.3 Å². The first-order valence-corrected chi connectivity index (χ1v) is 7.52. The zero-order chi connectivity index (χ0) is 13.3. The molecular weight excluding hydrogens is 250 g/mol. The highest BCUT2D eigenvalue weighted by molar-refractivity contribution is 7.89. The predicted molar refractivity (Wildman–Crippen MR) is 72.9 cm³/mol. The van der Waals surface area contributed by atoms with Crippen LogP contribution in [0.5, 0.6) is 0 Å². The van der Waals surface area contributed by atoms with Crippen molar-refractivity contribution < 1.29 is 8.42 Å². The van der Waals surface area contributed by atoms with Crippen LogP contribution in [0.15, 0.2) is 23.1 Å². The van der Waals surface area contributed by atoms with Crippen LogP contribution in [0.25, 0.3) is 0 Å². The highest BCUT2D eigenvalue weighted by Crippen LogP contribution is 2.35. The van der Waals surface area contributed by atoms with Crippen LogP contribution in [0.1, 0.15) is 19.8 Å². The lowest BCUT2D eigenvalue weighted by Crippen LogP contribution is -2.21. The molecule has 0 radical (unpaired) electrons. The standard InChI is InChI=1S/C12H19N3O2S/c1-8(9-3-4-9)15-12-7-10(5-6-11(12)13)18(16,17)14-2/h5-9,14-15H,3-4,13H2,1-2H3. The van der Waals surface area contributed by atoms with Gasteiger partial charge in [-0.1, -0.05) is 0 Å². The molecule has 1 atom stereocenters. The van der Waals surface area contributed by atoms with Crippen LogP contribution in [0.3, 0.4) is 0 Å². The van der Waals surface area contributed by atoms with Gasteiger partial charge in [0.15, 0.2) is 0 Å². The molecule has 1 aromatic carbocycles. The third-order valence-corrected chi connectivity index (χ3v) is 4.73. The van der Waals surface area contributed by atoms with Crippen molar-refractivity contribution >= 4 is 21.4 Å². The molecule has 0 heterocycles. The largest absolute Gasteiger partial charge is 0.397 e. The van der Waals surface area contributed by atoms with Gasteiger partial charge in [0, 0.05) is 6.04 Å². The summed E-state index contributed by atoms with van der Waals surface area (Å²) in [6, 6.07) is 5.03. The fourth-order valence-electron chi connectivity index (χ4n) is 1.90. The predicted octanol–water partition coefficient (Wildman–Crippen LogP) is 1.39. The Bertz CT molecular complexity index is 538. The van der Waals surface area contributed by atoms with Gasteiger partial charge in [-0.15, -0.1) is 0 Å². The molecule has 0 spiro atoms. The Labute approximate surface area is 108 Å². The second-order valence-corrected chi connectivity index (χ2v) is 6.61. The van der Waals surface area contributed by atoms with Gasteiger partial charge < -0.3 is 11.1 Å². The van der Waals surface area contributed by atoms with Gasteiger partial charge in [0.1, 0.15) is 0 Å². The number of sulfonamides is 1. The second kappa shape index (κ2) is 4.78. The summed E-state index contributed by atoms with van der Waals surface area (Å²) >= 11 is 0. The van der Waals surface area contributed by atoms with Gasteiger partial charge in [0.25, 0.3) is 0 Å². The van der Waals surface area contributed by atoms with Crippen molar-refractivity contribution in [3.05, 3.63) is 18.2 Å². The van der Waals surface area contributed by atoms with Crippen molar-refractivity contribution in [1.82, 2.24) is 4.72 Å². The summed E-state index contributed by atoms with van der Waals surface area (Å²) in [6.07, 6.45) is 2.45. The lowest BCUT2D eigenvalue weighted by molar-refractivity contribution is 0.588. The van der Waals surface area contributed by atoms with E-state index in [1.54, 1.807) is 12.1 Å². The summed E-state index contributed by atoms with van der Waals surface area (Å²) in [7, 11) is -2.03. The second-order valence-electron chi connectivity index (χ2n) is 4.73. The van der Waals surface area contributed by atoms with Crippen molar-refractivity contribution in [3.63, 3.8) is 0 Å². The number of anilines is 2. The average molecular weight is 269 g/mol. The number of nitrogens with two attached hydrogens (primary N) is 1. The Kier molecular flexibility index (Phi) is 3.49. The molecular formula is C12H19N3O2S. The van der Waals surface area contributed by atoms with Gasteiger partial charge in [-0.2, -0.15) is 0 Å². The molecule has 4 N–H and O–H groups in total. The number of hydrogen-bond acceptors (Lipinski definition) is 4. The fourth-order valence-corrected chi connectivity index (χ4v) is 2.66. The fraction of sp³-hybridized carbons (Fsp3) is 0.500. The number of benzene rings is 1. The molecule has 5 nitrogen and oxygen atoms in total. The maximum absolute atomic E-state index is 11.7. The van der Waals surface area contributed by atoms with Gasteiger partial charge in [0.05, 0.1) is 16.3 Å². The van der Waals surface area contributed by atoms with Crippen LogP contribution in [-0.2, 0) is 10.0 Å². The van der Waals surface area contributed by atoms with E-state index in [9.17, 15) is 8.42 Å². The molecule has 0 bridgehead atoms. The summed E-state index contributed by atoms with van der Waals surface area (Å²) in [4.78, 5) is 0.227. The number of rotatable bonds is 5. The smallest absolute Gasteiger partial charge is 0.240 e. The van der Waals surface area contributed by atoms with E-state index in [2.05, 4.69) is 17.0 Å². The summed E-state index contributed by atoms with van der Waals surface area (Å²) in [5.41, 5.74) is 7.12. The molecule has 6 heteroatoms. The maximum Gasteiger partial charge on any atom is 0.240 e. The topological polar surface area (TPSA) is 84.2 Å². The third-order valence-electron chi connectivity index (χ3n) is 3.32. The highest BCUT2D eigenvalue weighted by Gasteiger charge is 2.28. The van der Waals surface area contributed by atoms with Gasteiger partial charge in [0.2, 0.25) is 10.0 Å². The van der Waals surface area contributed by atoms with Gasteiger partial charge in [-0.05, 0) is 50.9 Å². The monoisotopic (exact) mass is 269 g/mol. The van der Waals surface area contributed by atoms with Crippen molar-refractivity contribution in [1.29, 1.82) is 0 Å². The SMILES string of the molecule is CNS(=O)(=O)c1ccc(N)c(NC(C)C2CC2)c1. The lowest BCUT2D eigenvalue weighted by atomic mass is 10.2. The zero-order valence-electron chi connectivity index (χ0n) is 10.6. The summed E-state index contributed by atoms with van der Waals surface area (Å²) in [5.74, 6) is 0.675. The van der Waals surface area contributed by atoms with E-state index in [1.165, 1.54) is 26.0 Å². The first-order chi connectivity index (χ1) is 8.44. The van der Waals surface area contributed by atoms with E-state index in [4.69, 9.17) is 5.73 Å². The molecule has 1 fully saturated rings. The van der Waals surface area contributed by atoms with Gasteiger partial charge in [-0.25, -0.2) is 13.1 Å². The van der Waals surface area contributed by atoms with Crippen LogP contribution < -0.4 is 15.8 Å². The molecule has 0 aliphatic heterocycles. The van der Waals surface area contributed by atoms with Crippen molar-refractivity contribution in [2.24, 2.45) is 5.92 Å². The number of nitrogen functional groups attached to an aromatic ring is 1. The quantitative estimate of drug-likeness (QED) is 0.705. The number of hydrogen-bond donors (Lipinski definition) is 3. The Balaban J connectivity index is 2.26. The minimum absolute atomic E-state index is 0.227. The molecule has 1 aliphatic rings. The molecule has 0 saturated heterocycles. The molecule has 100 valence electrons. The Hall–Kier alpha value is -1.27. The van der Waals surface area contributed by atoms with E-state index in [0.717, 1.165) is 0 Å². The summed E-state index contributed by atoms with van der Waals surface area (Å²) < 4.78 is 25.7. The average Bonchev–Trinajstić information content (AvgIpc) is 3.15. The first kappa shape index (κ1) is 13.2. The lowest BCUT2D eigenvalue weighted by Gasteiger charge is -2.17. The van der Waals surface area contributed by atoms with E-state index in [1.807, 2.05) is 0 Å². The highest BCUT2D eigenvalue weighted by atomic mass is 32.2. The molecule has 1 aromatic rings. The van der Waals surface area contributed by atoms with E-state index in [-0.39, 0.29) is 4.90 Å². The Morgan fingerprint density at radius 3 is 2.61 bits per heavy atom. The molecule has 0 aromatic heterocycles.